The third kappa shape index (κ3) is 6.56. The van der Waals surface area contributed by atoms with Gasteiger partial charge in [-0.25, -0.2) is 12.8 Å². The molecule has 1 N–H and O–H groups in total. The molecule has 122 valence electrons. The minimum atomic E-state index is -4.16. The zero-order chi connectivity index (χ0) is 16.8. The summed E-state index contributed by atoms with van der Waals surface area (Å²) in [5, 5.41) is 0. The van der Waals surface area contributed by atoms with Gasteiger partial charge in [-0.3, -0.25) is 4.55 Å². The Labute approximate surface area is 130 Å². The number of rotatable bonds is 7. The molecule has 0 aliphatic heterocycles. The third-order valence-electron chi connectivity index (χ3n) is 2.90. The highest BCUT2D eigenvalue weighted by Crippen LogP contribution is 2.16. The van der Waals surface area contributed by atoms with E-state index in [-0.39, 0.29) is 23.5 Å². The Morgan fingerprint density at radius 1 is 1.18 bits per heavy atom. The van der Waals surface area contributed by atoms with E-state index in [1.165, 1.54) is 19.1 Å². The van der Waals surface area contributed by atoms with Crippen LogP contribution in [0.4, 0.5) is 4.39 Å². The first kappa shape index (κ1) is 18.6. The number of halogens is 1. The largest absolute Gasteiger partial charge is 0.286 e. The van der Waals surface area contributed by atoms with Crippen LogP contribution in [0.3, 0.4) is 0 Å². The van der Waals surface area contributed by atoms with Crippen molar-refractivity contribution in [1.29, 1.82) is 0 Å². The minimum Gasteiger partial charge on any atom is -0.286 e. The zero-order valence-corrected chi connectivity index (χ0v) is 13.6. The van der Waals surface area contributed by atoms with Crippen molar-refractivity contribution in [2.75, 3.05) is 11.5 Å². The van der Waals surface area contributed by atoms with E-state index in [0.29, 0.717) is 0 Å². The Kier molecular flexibility index (Phi) is 6.53. The van der Waals surface area contributed by atoms with Crippen molar-refractivity contribution in [2.24, 2.45) is 5.92 Å². The summed E-state index contributed by atoms with van der Waals surface area (Å²) in [4.78, 5) is 0.0156. The maximum absolute atomic E-state index is 12.8. The molecule has 1 aromatic rings. The third-order valence-corrected chi connectivity index (χ3v) is 5.54. The number of benzene rings is 1. The highest BCUT2D eigenvalue weighted by molar-refractivity contribution is 7.91. The smallest absolute Gasteiger partial charge is 0.266 e. The fourth-order valence-electron chi connectivity index (χ4n) is 1.94. The molecule has 1 atom stereocenters. The van der Waals surface area contributed by atoms with Gasteiger partial charge in [-0.15, -0.1) is 5.92 Å². The summed E-state index contributed by atoms with van der Waals surface area (Å²) in [5.74, 6) is 3.33. The van der Waals surface area contributed by atoms with Crippen LogP contribution in [0.2, 0.25) is 0 Å². The van der Waals surface area contributed by atoms with E-state index in [1.807, 2.05) is 0 Å². The molecular formula is C14H17FO5S2. The fourth-order valence-corrected chi connectivity index (χ4v) is 4.03. The van der Waals surface area contributed by atoms with Gasteiger partial charge >= 0.3 is 0 Å². The normalized spacial score (nSPS) is 13.2. The number of hydrogen-bond donors (Lipinski definition) is 1. The molecule has 1 unspecified atom stereocenters. The Morgan fingerprint density at radius 3 is 2.27 bits per heavy atom. The SMILES string of the molecule is CC#CC(CCCS(=O)(=O)c1ccc(F)cc1)CS(=O)(=O)O. The van der Waals surface area contributed by atoms with E-state index in [9.17, 15) is 21.2 Å². The molecule has 0 spiro atoms. The maximum Gasteiger partial charge on any atom is 0.266 e. The molecular weight excluding hydrogens is 331 g/mol. The van der Waals surface area contributed by atoms with Crippen LogP contribution in [0.15, 0.2) is 29.2 Å². The molecule has 1 rings (SSSR count). The van der Waals surface area contributed by atoms with Gasteiger partial charge in [0.1, 0.15) is 5.82 Å². The molecule has 0 aliphatic carbocycles. The molecule has 5 nitrogen and oxygen atoms in total. The Morgan fingerprint density at radius 2 is 1.77 bits per heavy atom. The van der Waals surface area contributed by atoms with Crippen molar-refractivity contribution in [3.8, 4) is 11.8 Å². The van der Waals surface area contributed by atoms with E-state index >= 15 is 0 Å². The van der Waals surface area contributed by atoms with Crippen molar-refractivity contribution in [2.45, 2.75) is 24.7 Å². The molecule has 0 fully saturated rings. The Hall–Kier alpha value is -1.43. The Bertz CT molecular complexity index is 756. The van der Waals surface area contributed by atoms with Gasteiger partial charge in [0.25, 0.3) is 10.1 Å². The molecule has 0 saturated carbocycles. The van der Waals surface area contributed by atoms with Crippen molar-refractivity contribution in [3.05, 3.63) is 30.1 Å². The first-order chi connectivity index (χ1) is 10.1. The molecule has 0 bridgehead atoms. The fraction of sp³-hybridized carbons (Fsp3) is 0.429. The lowest BCUT2D eigenvalue weighted by Crippen LogP contribution is -2.16. The molecule has 0 aliphatic rings. The molecule has 0 radical (unpaired) electrons. The van der Waals surface area contributed by atoms with E-state index in [1.54, 1.807) is 0 Å². The van der Waals surface area contributed by atoms with Crippen molar-refractivity contribution in [3.63, 3.8) is 0 Å². The highest BCUT2D eigenvalue weighted by Gasteiger charge is 2.18. The van der Waals surface area contributed by atoms with Crippen LogP contribution < -0.4 is 0 Å². The van der Waals surface area contributed by atoms with Crippen LogP contribution in [-0.2, 0) is 20.0 Å². The molecule has 0 aromatic heterocycles. The van der Waals surface area contributed by atoms with E-state index < -0.39 is 37.4 Å². The van der Waals surface area contributed by atoms with Crippen molar-refractivity contribution in [1.82, 2.24) is 0 Å². The number of sulfone groups is 1. The monoisotopic (exact) mass is 348 g/mol. The second kappa shape index (κ2) is 7.72. The van der Waals surface area contributed by atoms with Gasteiger partial charge < -0.3 is 0 Å². The topological polar surface area (TPSA) is 88.5 Å². The second-order valence-electron chi connectivity index (χ2n) is 4.75. The average molecular weight is 348 g/mol. The summed E-state index contributed by atoms with van der Waals surface area (Å²) in [5.41, 5.74) is 0. The van der Waals surface area contributed by atoms with Gasteiger partial charge in [-0.1, -0.05) is 5.92 Å². The van der Waals surface area contributed by atoms with Crippen LogP contribution in [0, 0.1) is 23.6 Å². The van der Waals surface area contributed by atoms with Gasteiger partial charge in [0, 0.05) is 5.92 Å². The van der Waals surface area contributed by atoms with Gasteiger partial charge in [-0.2, -0.15) is 8.42 Å². The lowest BCUT2D eigenvalue weighted by Gasteiger charge is -2.09. The summed E-state index contributed by atoms with van der Waals surface area (Å²) >= 11 is 0. The van der Waals surface area contributed by atoms with Crippen molar-refractivity contribution < 1.29 is 25.8 Å². The molecule has 0 heterocycles. The summed E-state index contributed by atoms with van der Waals surface area (Å²) in [6, 6.07) is 4.51. The molecule has 0 amide bonds. The molecule has 8 heteroatoms. The quantitative estimate of drug-likeness (QED) is 0.462. The predicted molar refractivity (Wildman–Crippen MR) is 81.0 cm³/mol. The van der Waals surface area contributed by atoms with Gasteiger partial charge in [-0.05, 0) is 44.0 Å². The highest BCUT2D eigenvalue weighted by atomic mass is 32.2. The first-order valence-corrected chi connectivity index (χ1v) is 9.76. The van der Waals surface area contributed by atoms with E-state index in [0.717, 1.165) is 12.1 Å². The first-order valence-electron chi connectivity index (χ1n) is 6.50. The maximum atomic E-state index is 12.8. The van der Waals surface area contributed by atoms with E-state index in [4.69, 9.17) is 4.55 Å². The van der Waals surface area contributed by atoms with Crippen LogP contribution in [0.1, 0.15) is 19.8 Å². The van der Waals surface area contributed by atoms with Gasteiger partial charge in [0.05, 0.1) is 16.4 Å². The average Bonchev–Trinajstić information content (AvgIpc) is 2.37. The summed E-state index contributed by atoms with van der Waals surface area (Å²) in [7, 11) is -7.72. The van der Waals surface area contributed by atoms with Crippen LogP contribution >= 0.6 is 0 Å². The van der Waals surface area contributed by atoms with Gasteiger partial charge in [0.15, 0.2) is 9.84 Å². The number of hydrogen-bond acceptors (Lipinski definition) is 4. The standard InChI is InChI=1S/C14H17FO5S2/c1-2-4-12(11-22(18,19)20)5-3-10-21(16,17)14-8-6-13(15)7-9-14/h6-9,12H,3,5,10-11H2,1H3,(H,18,19,20). The van der Waals surface area contributed by atoms with Crippen LogP contribution in [-0.4, -0.2) is 32.9 Å². The molecule has 22 heavy (non-hydrogen) atoms. The summed E-state index contributed by atoms with van der Waals surface area (Å²) in [6.45, 7) is 1.53. The van der Waals surface area contributed by atoms with Gasteiger partial charge in [0.2, 0.25) is 0 Å². The summed E-state index contributed by atoms with van der Waals surface area (Å²) < 4.78 is 67.4. The lowest BCUT2D eigenvalue weighted by molar-refractivity contribution is 0.472. The van der Waals surface area contributed by atoms with E-state index in [2.05, 4.69) is 11.8 Å². The van der Waals surface area contributed by atoms with Crippen molar-refractivity contribution >= 4 is 20.0 Å². The zero-order valence-electron chi connectivity index (χ0n) is 12.0. The summed E-state index contributed by atoms with van der Waals surface area (Å²) in [6.07, 6.45) is 0.412. The predicted octanol–water partition coefficient (Wildman–Crippen LogP) is 1.91. The molecule has 0 saturated heterocycles. The van der Waals surface area contributed by atoms with Crippen LogP contribution in [0.25, 0.3) is 0 Å². The Balaban J connectivity index is 2.67. The lowest BCUT2D eigenvalue weighted by atomic mass is 10.1. The molecule has 1 aromatic carbocycles. The van der Waals surface area contributed by atoms with Crippen LogP contribution in [0.5, 0.6) is 0 Å². The second-order valence-corrected chi connectivity index (χ2v) is 8.36. The minimum absolute atomic E-state index is 0.0156.